The summed E-state index contributed by atoms with van der Waals surface area (Å²) < 4.78 is 38.4. The molecule has 1 nitrogen and oxygen atoms in total. The average Bonchev–Trinajstić information content (AvgIpc) is 2.19. The van der Waals surface area contributed by atoms with E-state index in [9.17, 15) is 13.2 Å². The van der Waals surface area contributed by atoms with Crippen LogP contribution in [-0.2, 0) is 0 Å². The summed E-state index contributed by atoms with van der Waals surface area (Å²) in [5, 5.41) is 0. The van der Waals surface area contributed by atoms with Crippen LogP contribution in [0.2, 0.25) is 0 Å². The average molecular weight is 257 g/mol. The highest BCUT2D eigenvalue weighted by Crippen LogP contribution is 2.21. The number of halogens is 3. The minimum atomic E-state index is -4.00. The van der Waals surface area contributed by atoms with Crippen molar-refractivity contribution in [3.63, 3.8) is 0 Å². The molecule has 0 saturated heterocycles. The number of hydrogen-bond acceptors (Lipinski definition) is 2. The highest BCUT2D eigenvalue weighted by Gasteiger charge is 2.25. The van der Waals surface area contributed by atoms with Gasteiger partial charge in [0, 0.05) is 18.7 Å². The summed E-state index contributed by atoms with van der Waals surface area (Å²) in [6, 6.07) is 0. The molecule has 16 heavy (non-hydrogen) atoms. The fraction of sp³-hybridized carbons (Fsp3) is 1.00. The monoisotopic (exact) mass is 257 g/mol. The van der Waals surface area contributed by atoms with Crippen LogP contribution in [0.1, 0.15) is 51.9 Å². The molecule has 0 unspecified atom stereocenters. The first kappa shape index (κ1) is 16.1. The Morgan fingerprint density at radius 3 is 2.31 bits per heavy atom. The predicted octanol–water partition coefficient (Wildman–Crippen LogP) is 4.54. The van der Waals surface area contributed by atoms with Crippen LogP contribution in [0.15, 0.2) is 0 Å². The molecular weight excluding hydrogens is 235 g/mol. The molecule has 0 aliphatic rings. The Morgan fingerprint density at radius 1 is 1.00 bits per heavy atom. The maximum Gasteiger partial charge on any atom is 0.389 e. The Bertz CT molecular complexity index is 151. The van der Waals surface area contributed by atoms with Gasteiger partial charge in [-0.3, -0.25) is 4.72 Å². The Balaban J connectivity index is 2.99. The van der Waals surface area contributed by atoms with Crippen LogP contribution in [0.3, 0.4) is 0 Å². The van der Waals surface area contributed by atoms with E-state index >= 15 is 0 Å². The molecule has 0 rings (SSSR count). The van der Waals surface area contributed by atoms with Crippen molar-refractivity contribution in [2.45, 2.75) is 58.0 Å². The van der Waals surface area contributed by atoms with Gasteiger partial charge in [0.05, 0.1) is 0 Å². The molecule has 0 fully saturated rings. The lowest BCUT2D eigenvalue weighted by Gasteiger charge is -2.06. The number of unbranched alkanes of at least 4 members (excludes halogenated alkanes) is 4. The highest BCUT2D eigenvalue weighted by molar-refractivity contribution is 7.97. The molecule has 0 heterocycles. The van der Waals surface area contributed by atoms with Gasteiger partial charge in [-0.1, -0.05) is 44.6 Å². The molecule has 98 valence electrons. The number of rotatable bonds is 10. The topological polar surface area (TPSA) is 12.0 Å². The zero-order chi connectivity index (χ0) is 12.3. The van der Waals surface area contributed by atoms with Crippen LogP contribution in [0.5, 0.6) is 0 Å². The Hall–Kier alpha value is 0.100. The van der Waals surface area contributed by atoms with Crippen LogP contribution in [0, 0.1) is 0 Å². The van der Waals surface area contributed by atoms with Gasteiger partial charge in [-0.05, 0) is 12.8 Å². The Morgan fingerprint density at radius 2 is 1.69 bits per heavy atom. The molecule has 0 saturated carbocycles. The predicted molar refractivity (Wildman–Crippen MR) is 64.5 cm³/mol. The van der Waals surface area contributed by atoms with Gasteiger partial charge in [0.25, 0.3) is 0 Å². The Labute approximate surface area is 101 Å². The lowest BCUT2D eigenvalue weighted by atomic mass is 10.2. The second-order valence-electron chi connectivity index (χ2n) is 3.88. The molecule has 0 aromatic rings. The second-order valence-corrected chi connectivity index (χ2v) is 4.86. The van der Waals surface area contributed by atoms with Gasteiger partial charge in [0.2, 0.25) is 0 Å². The minimum absolute atomic E-state index is 0.205. The van der Waals surface area contributed by atoms with Gasteiger partial charge in [-0.25, -0.2) is 0 Å². The maximum atomic E-state index is 11.8. The van der Waals surface area contributed by atoms with E-state index in [0.717, 1.165) is 13.0 Å². The van der Waals surface area contributed by atoms with E-state index in [1.165, 1.54) is 37.6 Å². The third-order valence-corrected chi connectivity index (χ3v) is 3.09. The van der Waals surface area contributed by atoms with Gasteiger partial charge in [-0.15, -0.1) is 0 Å². The van der Waals surface area contributed by atoms with Crippen molar-refractivity contribution in [2.24, 2.45) is 0 Å². The molecule has 0 aromatic heterocycles. The zero-order valence-electron chi connectivity index (χ0n) is 9.91. The van der Waals surface area contributed by atoms with Crippen molar-refractivity contribution in [3.8, 4) is 0 Å². The van der Waals surface area contributed by atoms with E-state index < -0.39 is 12.6 Å². The SMILES string of the molecule is CCCCCCCNSCCCC(F)(F)F. The molecule has 0 bridgehead atoms. The lowest BCUT2D eigenvalue weighted by molar-refractivity contribution is -0.134. The number of hydrogen-bond donors (Lipinski definition) is 1. The smallest absolute Gasteiger partial charge is 0.264 e. The van der Waals surface area contributed by atoms with Crippen LogP contribution in [0.25, 0.3) is 0 Å². The van der Waals surface area contributed by atoms with E-state index in [1.807, 2.05) is 0 Å². The van der Waals surface area contributed by atoms with Crippen molar-refractivity contribution in [1.82, 2.24) is 4.72 Å². The summed E-state index contributed by atoms with van der Waals surface area (Å²) in [5.41, 5.74) is 0. The minimum Gasteiger partial charge on any atom is -0.264 e. The van der Waals surface area contributed by atoms with Gasteiger partial charge in [0.1, 0.15) is 0 Å². The summed E-state index contributed by atoms with van der Waals surface area (Å²) in [7, 11) is 0. The summed E-state index contributed by atoms with van der Waals surface area (Å²) in [6.07, 6.45) is 1.64. The summed E-state index contributed by atoms with van der Waals surface area (Å²) in [5.74, 6) is 0.536. The number of alkyl halides is 3. The molecule has 0 spiro atoms. The summed E-state index contributed by atoms with van der Waals surface area (Å²) >= 11 is 1.41. The Kier molecular flexibility index (Phi) is 10.3. The quantitative estimate of drug-likeness (QED) is 0.455. The largest absolute Gasteiger partial charge is 0.389 e. The third kappa shape index (κ3) is 14.1. The van der Waals surface area contributed by atoms with E-state index in [2.05, 4.69) is 11.6 Å². The van der Waals surface area contributed by atoms with Gasteiger partial charge >= 0.3 is 6.18 Å². The molecule has 0 aromatic carbocycles. The van der Waals surface area contributed by atoms with Gasteiger partial charge in [-0.2, -0.15) is 13.2 Å². The van der Waals surface area contributed by atoms with Crippen molar-refractivity contribution in [2.75, 3.05) is 12.3 Å². The van der Waals surface area contributed by atoms with Crippen LogP contribution < -0.4 is 4.72 Å². The summed E-state index contributed by atoms with van der Waals surface area (Å²) in [6.45, 7) is 3.08. The fourth-order valence-electron chi connectivity index (χ4n) is 1.29. The molecule has 0 atom stereocenters. The van der Waals surface area contributed by atoms with Crippen molar-refractivity contribution < 1.29 is 13.2 Å². The van der Waals surface area contributed by atoms with E-state index in [-0.39, 0.29) is 6.42 Å². The third-order valence-electron chi connectivity index (χ3n) is 2.19. The molecule has 5 heteroatoms. The van der Waals surface area contributed by atoms with E-state index in [0.29, 0.717) is 5.75 Å². The van der Waals surface area contributed by atoms with Crippen molar-refractivity contribution in [1.29, 1.82) is 0 Å². The van der Waals surface area contributed by atoms with Crippen molar-refractivity contribution >= 4 is 11.9 Å². The normalized spacial score (nSPS) is 12.0. The summed E-state index contributed by atoms with van der Waals surface area (Å²) in [4.78, 5) is 0. The second kappa shape index (κ2) is 10.3. The molecule has 0 amide bonds. The number of nitrogens with one attached hydrogen (secondary N) is 1. The van der Waals surface area contributed by atoms with Crippen LogP contribution in [0.4, 0.5) is 13.2 Å². The molecular formula is C11H22F3NS. The van der Waals surface area contributed by atoms with Crippen molar-refractivity contribution in [3.05, 3.63) is 0 Å². The molecule has 0 radical (unpaired) electrons. The van der Waals surface area contributed by atoms with Gasteiger partial charge in [0.15, 0.2) is 0 Å². The standard InChI is InChI=1S/C11H22F3NS/c1-2-3-4-5-6-9-15-16-10-7-8-11(12,13)14/h15H,2-10H2,1H3. The molecule has 0 aliphatic carbocycles. The maximum absolute atomic E-state index is 11.8. The highest BCUT2D eigenvalue weighted by atomic mass is 32.2. The van der Waals surface area contributed by atoms with Crippen LogP contribution in [-0.4, -0.2) is 18.5 Å². The molecule has 1 N–H and O–H groups in total. The first-order valence-corrected chi connectivity index (χ1v) is 6.96. The zero-order valence-corrected chi connectivity index (χ0v) is 10.7. The first-order chi connectivity index (χ1) is 7.56. The van der Waals surface area contributed by atoms with Crippen LogP contribution >= 0.6 is 11.9 Å². The lowest BCUT2D eigenvalue weighted by Crippen LogP contribution is -2.10. The fourth-order valence-corrected chi connectivity index (χ4v) is 2.01. The molecule has 0 aliphatic heterocycles. The first-order valence-electron chi connectivity index (χ1n) is 5.97. The van der Waals surface area contributed by atoms with E-state index in [1.54, 1.807) is 0 Å². The van der Waals surface area contributed by atoms with Gasteiger partial charge < -0.3 is 0 Å². The van der Waals surface area contributed by atoms with E-state index in [4.69, 9.17) is 0 Å².